The summed E-state index contributed by atoms with van der Waals surface area (Å²) in [6.45, 7) is 16.1. The van der Waals surface area contributed by atoms with Crippen LogP contribution in [0.1, 0.15) is 49.4 Å². The molecule has 1 aromatic rings. The second kappa shape index (κ2) is 6.90. The molecule has 0 aliphatic heterocycles. The van der Waals surface area contributed by atoms with Crippen molar-refractivity contribution < 1.29 is 4.79 Å². The van der Waals surface area contributed by atoms with Crippen molar-refractivity contribution in [1.29, 1.82) is 0 Å². The third kappa shape index (κ3) is 3.93. The molecule has 3 nitrogen and oxygen atoms in total. The van der Waals surface area contributed by atoms with Crippen LogP contribution in [0.5, 0.6) is 0 Å². The molecule has 19 heavy (non-hydrogen) atoms. The predicted octanol–water partition coefficient (Wildman–Crippen LogP) is 3.29. The molecule has 0 bridgehead atoms. The standard InChI is InChI=1S/C16H28N2O/c1-7-17(10-12(3)4)11-16(19)15-9-13(5)18(8-2)14(15)6/h9,12H,7-8,10-11H2,1-6H3. The highest BCUT2D eigenvalue weighted by atomic mass is 16.1. The first-order valence-corrected chi connectivity index (χ1v) is 7.32. The molecule has 0 aliphatic carbocycles. The van der Waals surface area contributed by atoms with Crippen LogP contribution in [0.25, 0.3) is 0 Å². The quantitative estimate of drug-likeness (QED) is 0.706. The zero-order valence-corrected chi connectivity index (χ0v) is 13.3. The summed E-state index contributed by atoms with van der Waals surface area (Å²) in [6, 6.07) is 2.03. The Hall–Kier alpha value is -1.09. The fourth-order valence-electron chi connectivity index (χ4n) is 2.68. The average Bonchev–Trinajstić information content (AvgIpc) is 2.62. The summed E-state index contributed by atoms with van der Waals surface area (Å²) in [5, 5.41) is 0. The van der Waals surface area contributed by atoms with E-state index in [1.807, 2.05) is 13.0 Å². The smallest absolute Gasteiger partial charge is 0.178 e. The highest BCUT2D eigenvalue weighted by Crippen LogP contribution is 2.16. The van der Waals surface area contributed by atoms with Gasteiger partial charge in [-0.1, -0.05) is 20.8 Å². The van der Waals surface area contributed by atoms with Gasteiger partial charge in [0.2, 0.25) is 0 Å². The number of aromatic nitrogens is 1. The van der Waals surface area contributed by atoms with Crippen molar-refractivity contribution in [1.82, 2.24) is 9.47 Å². The van der Waals surface area contributed by atoms with Crippen molar-refractivity contribution >= 4 is 5.78 Å². The molecule has 0 unspecified atom stereocenters. The van der Waals surface area contributed by atoms with Crippen LogP contribution in [0.2, 0.25) is 0 Å². The van der Waals surface area contributed by atoms with Gasteiger partial charge in [-0.25, -0.2) is 0 Å². The number of hydrogen-bond donors (Lipinski definition) is 0. The first-order chi connectivity index (χ1) is 8.90. The van der Waals surface area contributed by atoms with Crippen molar-refractivity contribution in [3.8, 4) is 0 Å². The van der Waals surface area contributed by atoms with Crippen molar-refractivity contribution in [2.75, 3.05) is 19.6 Å². The van der Waals surface area contributed by atoms with Gasteiger partial charge in [0.05, 0.1) is 6.54 Å². The number of nitrogens with zero attached hydrogens (tertiary/aromatic N) is 2. The molecule has 0 aliphatic rings. The summed E-state index contributed by atoms with van der Waals surface area (Å²) in [5.74, 6) is 0.839. The summed E-state index contributed by atoms with van der Waals surface area (Å²) in [5.41, 5.74) is 3.17. The number of carbonyl (C=O) groups excluding carboxylic acids is 1. The van der Waals surface area contributed by atoms with Gasteiger partial charge >= 0.3 is 0 Å². The molecule has 1 aromatic heterocycles. The number of likely N-dealkylation sites (N-methyl/N-ethyl adjacent to an activating group) is 1. The molecule has 0 amide bonds. The van der Waals surface area contributed by atoms with Gasteiger partial charge in [0, 0.05) is 30.0 Å². The van der Waals surface area contributed by atoms with E-state index in [4.69, 9.17) is 0 Å². The number of aryl methyl sites for hydroxylation is 1. The summed E-state index contributed by atoms with van der Waals surface area (Å²) in [6.07, 6.45) is 0. The van der Waals surface area contributed by atoms with Crippen LogP contribution in [0.4, 0.5) is 0 Å². The minimum Gasteiger partial charge on any atom is -0.349 e. The maximum absolute atomic E-state index is 12.4. The number of carbonyl (C=O) groups is 1. The maximum atomic E-state index is 12.4. The Kier molecular flexibility index (Phi) is 5.80. The largest absolute Gasteiger partial charge is 0.349 e. The van der Waals surface area contributed by atoms with Gasteiger partial charge in [-0.05, 0) is 39.3 Å². The van der Waals surface area contributed by atoms with Gasteiger partial charge in [0.15, 0.2) is 5.78 Å². The van der Waals surface area contributed by atoms with E-state index in [1.165, 1.54) is 5.69 Å². The number of rotatable bonds is 7. The van der Waals surface area contributed by atoms with Gasteiger partial charge in [-0.3, -0.25) is 9.69 Å². The third-order valence-electron chi connectivity index (χ3n) is 3.63. The van der Waals surface area contributed by atoms with Crippen molar-refractivity contribution in [2.24, 2.45) is 5.92 Å². The second-order valence-corrected chi connectivity index (χ2v) is 5.67. The summed E-state index contributed by atoms with van der Waals surface area (Å²) in [4.78, 5) is 14.7. The summed E-state index contributed by atoms with van der Waals surface area (Å²) >= 11 is 0. The normalized spacial score (nSPS) is 11.6. The molecule has 0 aromatic carbocycles. The van der Waals surface area contributed by atoms with Crippen molar-refractivity contribution in [3.05, 3.63) is 23.0 Å². The monoisotopic (exact) mass is 264 g/mol. The van der Waals surface area contributed by atoms with Crippen LogP contribution in [0.15, 0.2) is 6.07 Å². The lowest BCUT2D eigenvalue weighted by atomic mass is 10.1. The molecule has 0 saturated heterocycles. The lowest BCUT2D eigenvalue weighted by molar-refractivity contribution is 0.0925. The summed E-state index contributed by atoms with van der Waals surface area (Å²) in [7, 11) is 0. The minimum atomic E-state index is 0.246. The lowest BCUT2D eigenvalue weighted by Crippen LogP contribution is -2.33. The van der Waals surface area contributed by atoms with E-state index in [-0.39, 0.29) is 5.78 Å². The minimum absolute atomic E-state index is 0.246. The molecule has 0 N–H and O–H groups in total. The number of hydrogen-bond acceptors (Lipinski definition) is 2. The van der Waals surface area contributed by atoms with Gasteiger partial charge < -0.3 is 4.57 Å². The zero-order valence-electron chi connectivity index (χ0n) is 13.3. The Balaban J connectivity index is 2.83. The van der Waals surface area contributed by atoms with E-state index in [9.17, 15) is 4.79 Å². The van der Waals surface area contributed by atoms with Crippen LogP contribution < -0.4 is 0 Å². The topological polar surface area (TPSA) is 25.2 Å². The molecule has 108 valence electrons. The fourth-order valence-corrected chi connectivity index (χ4v) is 2.68. The Morgan fingerprint density at radius 1 is 1.32 bits per heavy atom. The van der Waals surface area contributed by atoms with E-state index in [0.29, 0.717) is 12.5 Å². The molecule has 1 rings (SSSR count). The van der Waals surface area contributed by atoms with Crippen LogP contribution in [-0.2, 0) is 6.54 Å². The van der Waals surface area contributed by atoms with Crippen LogP contribution in [0, 0.1) is 19.8 Å². The van der Waals surface area contributed by atoms with E-state index >= 15 is 0 Å². The Bertz CT molecular complexity index is 432. The van der Waals surface area contributed by atoms with E-state index < -0.39 is 0 Å². The Morgan fingerprint density at radius 2 is 1.95 bits per heavy atom. The number of Topliss-reactive ketones (excluding diaryl/α,β-unsaturated/α-hetero) is 1. The van der Waals surface area contributed by atoms with Crippen LogP contribution in [0.3, 0.4) is 0 Å². The molecule has 0 spiro atoms. The molecule has 0 atom stereocenters. The SMILES string of the molecule is CCN(CC(=O)c1cc(C)n(CC)c1C)CC(C)C. The average molecular weight is 264 g/mol. The molecule has 1 heterocycles. The van der Waals surface area contributed by atoms with Crippen molar-refractivity contribution in [2.45, 2.75) is 48.1 Å². The molecular weight excluding hydrogens is 236 g/mol. The van der Waals surface area contributed by atoms with Gasteiger partial charge in [0.25, 0.3) is 0 Å². The molecule has 3 heteroatoms. The van der Waals surface area contributed by atoms with Gasteiger partial charge in [0.1, 0.15) is 0 Å². The maximum Gasteiger partial charge on any atom is 0.178 e. The van der Waals surface area contributed by atoms with E-state index in [2.05, 4.69) is 44.1 Å². The highest BCUT2D eigenvalue weighted by Gasteiger charge is 2.17. The predicted molar refractivity (Wildman–Crippen MR) is 80.9 cm³/mol. The Labute approximate surface area is 117 Å². The summed E-state index contributed by atoms with van der Waals surface area (Å²) < 4.78 is 2.20. The van der Waals surface area contributed by atoms with Gasteiger partial charge in [-0.2, -0.15) is 0 Å². The third-order valence-corrected chi connectivity index (χ3v) is 3.63. The molecular formula is C16H28N2O. The molecule has 0 saturated carbocycles. The zero-order chi connectivity index (χ0) is 14.6. The molecule has 0 fully saturated rings. The van der Waals surface area contributed by atoms with E-state index in [0.717, 1.165) is 30.9 Å². The van der Waals surface area contributed by atoms with Gasteiger partial charge in [-0.15, -0.1) is 0 Å². The van der Waals surface area contributed by atoms with Crippen molar-refractivity contribution in [3.63, 3.8) is 0 Å². The first-order valence-electron chi connectivity index (χ1n) is 7.32. The van der Waals surface area contributed by atoms with E-state index in [1.54, 1.807) is 0 Å². The first kappa shape index (κ1) is 16.0. The number of ketones is 1. The van der Waals surface area contributed by atoms with Crippen LogP contribution in [-0.4, -0.2) is 34.9 Å². The second-order valence-electron chi connectivity index (χ2n) is 5.67. The fraction of sp³-hybridized carbons (Fsp3) is 0.688. The van der Waals surface area contributed by atoms with Crippen LogP contribution >= 0.6 is 0 Å². The lowest BCUT2D eigenvalue weighted by Gasteiger charge is -2.21. The Morgan fingerprint density at radius 3 is 2.37 bits per heavy atom. The molecule has 0 radical (unpaired) electrons. The highest BCUT2D eigenvalue weighted by molar-refractivity contribution is 5.99.